The number of hydrogen-bond acceptors (Lipinski definition) is 3. The molecule has 0 aromatic rings. The van der Waals surface area contributed by atoms with Crippen LogP contribution in [0, 0.1) is 5.41 Å². The summed E-state index contributed by atoms with van der Waals surface area (Å²) in [6.45, 7) is 7.60. The van der Waals surface area contributed by atoms with E-state index in [0.29, 0.717) is 19.5 Å². The second kappa shape index (κ2) is 5.91. The predicted octanol–water partition coefficient (Wildman–Crippen LogP) is 0.750. The fourth-order valence-corrected chi connectivity index (χ4v) is 2.51. The lowest BCUT2D eigenvalue weighted by Crippen LogP contribution is -2.53. The van der Waals surface area contributed by atoms with Crippen molar-refractivity contribution in [1.29, 1.82) is 0 Å². The van der Waals surface area contributed by atoms with E-state index in [2.05, 4.69) is 5.32 Å². The normalized spacial score (nSPS) is 22.0. The number of rotatable bonds is 3. The van der Waals surface area contributed by atoms with Crippen molar-refractivity contribution < 1.29 is 19.5 Å². The summed E-state index contributed by atoms with van der Waals surface area (Å²) < 4.78 is 0. The zero-order valence-corrected chi connectivity index (χ0v) is 13.4. The van der Waals surface area contributed by atoms with E-state index in [1.807, 2.05) is 6.92 Å². The van der Waals surface area contributed by atoms with E-state index in [9.17, 15) is 14.4 Å². The molecule has 1 saturated heterocycles. The van der Waals surface area contributed by atoms with Crippen molar-refractivity contribution >= 4 is 17.9 Å². The first-order valence-electron chi connectivity index (χ1n) is 7.02. The Labute approximate surface area is 125 Å². The Balaban J connectivity index is 2.88. The van der Waals surface area contributed by atoms with Gasteiger partial charge in [-0.1, -0.05) is 0 Å². The van der Waals surface area contributed by atoms with Gasteiger partial charge in [0.2, 0.25) is 5.91 Å². The minimum atomic E-state index is -1.05. The molecule has 1 atom stereocenters. The molecule has 0 saturated carbocycles. The van der Waals surface area contributed by atoms with Crippen LogP contribution in [0.5, 0.6) is 0 Å². The standard InChI is InChI=1S/C14H25N3O4/c1-13(2,3)17(8-10(18)19)12(21)16-7-6-14(4,9-16)11(20)15-5/h6-9H2,1-5H3,(H,15,20)(H,18,19). The summed E-state index contributed by atoms with van der Waals surface area (Å²) >= 11 is 0. The summed E-state index contributed by atoms with van der Waals surface area (Å²) in [6.07, 6.45) is 0.573. The number of aliphatic carboxylic acids is 1. The smallest absolute Gasteiger partial charge is 0.323 e. The highest BCUT2D eigenvalue weighted by atomic mass is 16.4. The summed E-state index contributed by atoms with van der Waals surface area (Å²) in [5, 5.41) is 11.6. The zero-order valence-electron chi connectivity index (χ0n) is 13.4. The minimum absolute atomic E-state index is 0.0988. The second-order valence-corrected chi connectivity index (χ2v) is 6.74. The van der Waals surface area contributed by atoms with Gasteiger partial charge in [0.1, 0.15) is 6.54 Å². The van der Waals surface area contributed by atoms with E-state index in [0.717, 1.165) is 0 Å². The van der Waals surface area contributed by atoms with Gasteiger partial charge in [-0.3, -0.25) is 9.59 Å². The van der Waals surface area contributed by atoms with Crippen LogP contribution in [0.25, 0.3) is 0 Å². The molecular weight excluding hydrogens is 274 g/mol. The maximum atomic E-state index is 12.6. The van der Waals surface area contributed by atoms with Crippen LogP contribution >= 0.6 is 0 Å². The monoisotopic (exact) mass is 299 g/mol. The third kappa shape index (κ3) is 3.86. The first-order valence-corrected chi connectivity index (χ1v) is 7.02. The Kier molecular flexibility index (Phi) is 4.86. The number of nitrogens with one attached hydrogen (secondary N) is 1. The number of likely N-dealkylation sites (tertiary alicyclic amines) is 1. The maximum absolute atomic E-state index is 12.6. The SMILES string of the molecule is CNC(=O)C1(C)CCN(C(=O)N(CC(=O)O)C(C)(C)C)C1. The van der Waals surface area contributed by atoms with Crippen LogP contribution in [0.4, 0.5) is 4.79 Å². The van der Waals surface area contributed by atoms with Gasteiger partial charge in [0.25, 0.3) is 0 Å². The highest BCUT2D eigenvalue weighted by Gasteiger charge is 2.43. The molecule has 0 aromatic carbocycles. The molecule has 21 heavy (non-hydrogen) atoms. The van der Waals surface area contributed by atoms with Crippen LogP contribution in [0.15, 0.2) is 0 Å². The van der Waals surface area contributed by atoms with Crippen molar-refractivity contribution in [2.24, 2.45) is 5.41 Å². The van der Waals surface area contributed by atoms with Gasteiger partial charge in [-0.15, -0.1) is 0 Å². The van der Waals surface area contributed by atoms with E-state index >= 15 is 0 Å². The number of urea groups is 1. The lowest BCUT2D eigenvalue weighted by molar-refractivity contribution is -0.139. The summed E-state index contributed by atoms with van der Waals surface area (Å²) in [5.41, 5.74) is -1.21. The van der Waals surface area contributed by atoms with Gasteiger partial charge in [-0.25, -0.2) is 4.79 Å². The highest BCUT2D eigenvalue weighted by molar-refractivity contribution is 5.85. The molecule has 1 aliphatic rings. The molecule has 2 N–H and O–H groups in total. The Bertz CT molecular complexity index is 444. The van der Waals surface area contributed by atoms with Gasteiger partial charge in [-0.05, 0) is 34.1 Å². The van der Waals surface area contributed by atoms with Gasteiger partial charge in [0.05, 0.1) is 5.41 Å². The topological polar surface area (TPSA) is 90.0 Å². The van der Waals surface area contributed by atoms with Crippen LogP contribution in [0.2, 0.25) is 0 Å². The van der Waals surface area contributed by atoms with E-state index in [1.54, 1.807) is 32.7 Å². The molecule has 1 unspecified atom stereocenters. The molecule has 1 rings (SSSR count). The number of amides is 3. The first kappa shape index (κ1) is 17.3. The number of carbonyl (C=O) groups excluding carboxylic acids is 2. The number of carbonyl (C=O) groups is 3. The van der Waals surface area contributed by atoms with Crippen LogP contribution in [-0.4, -0.2) is 65.0 Å². The van der Waals surface area contributed by atoms with E-state index in [1.165, 1.54) is 4.90 Å². The van der Waals surface area contributed by atoms with Crippen molar-refractivity contribution in [3.63, 3.8) is 0 Å². The number of carboxylic acid groups (broad SMARTS) is 1. The first-order chi connectivity index (χ1) is 9.51. The van der Waals surface area contributed by atoms with Crippen LogP contribution in [-0.2, 0) is 9.59 Å². The molecule has 1 heterocycles. The molecule has 7 nitrogen and oxygen atoms in total. The molecule has 0 bridgehead atoms. The maximum Gasteiger partial charge on any atom is 0.323 e. The lowest BCUT2D eigenvalue weighted by Gasteiger charge is -2.37. The number of carboxylic acids is 1. The second-order valence-electron chi connectivity index (χ2n) is 6.74. The summed E-state index contributed by atoms with van der Waals surface area (Å²) in [5.74, 6) is -1.15. The fourth-order valence-electron chi connectivity index (χ4n) is 2.51. The van der Waals surface area contributed by atoms with Crippen LogP contribution in [0.3, 0.4) is 0 Å². The Morgan fingerprint density at radius 3 is 2.33 bits per heavy atom. The van der Waals surface area contributed by atoms with Crippen molar-refractivity contribution in [3.05, 3.63) is 0 Å². The minimum Gasteiger partial charge on any atom is -0.480 e. The molecule has 0 radical (unpaired) electrons. The van der Waals surface area contributed by atoms with Gasteiger partial charge >= 0.3 is 12.0 Å². The molecular formula is C14H25N3O4. The van der Waals surface area contributed by atoms with Crippen LogP contribution < -0.4 is 5.32 Å². The van der Waals surface area contributed by atoms with Crippen molar-refractivity contribution in [2.45, 2.75) is 39.7 Å². The predicted molar refractivity (Wildman–Crippen MR) is 77.9 cm³/mol. The lowest BCUT2D eigenvalue weighted by atomic mass is 9.89. The van der Waals surface area contributed by atoms with E-state index in [-0.39, 0.29) is 18.5 Å². The van der Waals surface area contributed by atoms with Crippen molar-refractivity contribution in [3.8, 4) is 0 Å². The Hall–Kier alpha value is -1.79. The fraction of sp³-hybridized carbons (Fsp3) is 0.786. The molecule has 0 aromatic heterocycles. The van der Waals surface area contributed by atoms with Crippen molar-refractivity contribution in [2.75, 3.05) is 26.7 Å². The Morgan fingerprint density at radius 2 is 1.90 bits per heavy atom. The van der Waals surface area contributed by atoms with Gasteiger partial charge in [-0.2, -0.15) is 0 Å². The zero-order chi connectivity index (χ0) is 16.4. The third-order valence-corrected chi connectivity index (χ3v) is 3.85. The summed E-state index contributed by atoms with van der Waals surface area (Å²) in [6, 6.07) is -0.336. The molecule has 7 heteroatoms. The molecule has 0 spiro atoms. The van der Waals surface area contributed by atoms with E-state index < -0.39 is 16.9 Å². The summed E-state index contributed by atoms with van der Waals surface area (Å²) in [4.78, 5) is 38.3. The van der Waals surface area contributed by atoms with Crippen molar-refractivity contribution in [1.82, 2.24) is 15.1 Å². The van der Waals surface area contributed by atoms with Gasteiger partial charge in [0, 0.05) is 25.7 Å². The average molecular weight is 299 g/mol. The summed E-state index contributed by atoms with van der Waals surface area (Å²) in [7, 11) is 1.57. The molecule has 120 valence electrons. The van der Waals surface area contributed by atoms with Crippen LogP contribution in [0.1, 0.15) is 34.1 Å². The van der Waals surface area contributed by atoms with E-state index in [4.69, 9.17) is 5.11 Å². The Morgan fingerprint density at radius 1 is 1.33 bits per heavy atom. The quantitative estimate of drug-likeness (QED) is 0.804. The van der Waals surface area contributed by atoms with Gasteiger partial charge in [0.15, 0.2) is 0 Å². The number of nitrogens with zero attached hydrogens (tertiary/aromatic N) is 2. The number of hydrogen-bond donors (Lipinski definition) is 2. The molecule has 3 amide bonds. The molecule has 1 fully saturated rings. The average Bonchev–Trinajstić information content (AvgIpc) is 2.76. The molecule has 0 aliphatic carbocycles. The largest absolute Gasteiger partial charge is 0.480 e. The molecule has 1 aliphatic heterocycles. The highest BCUT2D eigenvalue weighted by Crippen LogP contribution is 2.31. The van der Waals surface area contributed by atoms with Gasteiger partial charge < -0.3 is 20.2 Å². The third-order valence-electron chi connectivity index (χ3n) is 3.85.